The van der Waals surface area contributed by atoms with E-state index in [9.17, 15) is 4.79 Å². The molecule has 1 N–H and O–H groups in total. The Morgan fingerprint density at radius 3 is 2.79 bits per heavy atom. The van der Waals surface area contributed by atoms with Crippen molar-refractivity contribution in [3.63, 3.8) is 0 Å². The molecule has 1 heterocycles. The second-order valence-corrected chi connectivity index (χ2v) is 5.25. The van der Waals surface area contributed by atoms with Crippen LogP contribution in [0.2, 0.25) is 0 Å². The molecule has 0 aromatic heterocycles. The van der Waals surface area contributed by atoms with Gasteiger partial charge in [0.05, 0.1) is 0 Å². The number of carbonyl (C=O) groups is 1. The zero-order chi connectivity index (χ0) is 10.3. The molecule has 3 nitrogen and oxygen atoms in total. The number of fused-ring (bicyclic) bond motifs is 2. The molecule has 1 aliphatic carbocycles. The lowest BCUT2D eigenvalue weighted by atomic mass is 9.99. The molecule has 1 saturated heterocycles. The van der Waals surface area contributed by atoms with Gasteiger partial charge < -0.3 is 10.2 Å². The summed E-state index contributed by atoms with van der Waals surface area (Å²) in [5, 5.41) is 3.55. The molecular formula is C11H20N2O. The lowest BCUT2D eigenvalue weighted by molar-refractivity contribution is -0.136. The number of carbonyl (C=O) groups excluding carboxylic acids is 1. The first-order chi connectivity index (χ1) is 6.50. The molecule has 0 aromatic carbocycles. The number of nitrogens with zero attached hydrogens (tertiary/aromatic N) is 1. The van der Waals surface area contributed by atoms with Crippen molar-refractivity contribution in [1.29, 1.82) is 0 Å². The molecule has 2 aliphatic rings. The minimum absolute atomic E-state index is 0.0222. The van der Waals surface area contributed by atoms with Crippen molar-refractivity contribution in [3.8, 4) is 0 Å². The van der Waals surface area contributed by atoms with Crippen LogP contribution in [0.3, 0.4) is 0 Å². The van der Waals surface area contributed by atoms with Gasteiger partial charge in [-0.3, -0.25) is 4.79 Å². The summed E-state index contributed by atoms with van der Waals surface area (Å²) in [5.41, 5.74) is -0.0222. The van der Waals surface area contributed by atoms with Crippen LogP contribution in [0.5, 0.6) is 0 Å². The fraction of sp³-hybridized carbons (Fsp3) is 0.909. The smallest absolute Gasteiger partial charge is 0.220 e. The van der Waals surface area contributed by atoms with E-state index in [4.69, 9.17) is 0 Å². The average Bonchev–Trinajstić information content (AvgIpc) is 2.42. The van der Waals surface area contributed by atoms with Crippen LogP contribution in [0.4, 0.5) is 0 Å². The highest BCUT2D eigenvalue weighted by Crippen LogP contribution is 2.32. The Bertz CT molecular complexity index is 250. The maximum Gasteiger partial charge on any atom is 0.220 e. The summed E-state index contributed by atoms with van der Waals surface area (Å²) >= 11 is 0. The van der Waals surface area contributed by atoms with E-state index in [2.05, 4.69) is 24.1 Å². The first-order valence-corrected chi connectivity index (χ1v) is 5.54. The molecule has 2 unspecified atom stereocenters. The lowest BCUT2D eigenvalue weighted by Crippen LogP contribution is -2.55. The molecule has 14 heavy (non-hydrogen) atoms. The molecule has 0 aromatic rings. The van der Waals surface area contributed by atoms with E-state index >= 15 is 0 Å². The van der Waals surface area contributed by atoms with Gasteiger partial charge in [0.1, 0.15) is 0 Å². The molecule has 1 saturated carbocycles. The molecule has 80 valence electrons. The highest BCUT2D eigenvalue weighted by atomic mass is 16.2. The molecule has 2 fully saturated rings. The van der Waals surface area contributed by atoms with Gasteiger partial charge in [-0.25, -0.2) is 0 Å². The Kier molecular flexibility index (Phi) is 2.30. The van der Waals surface area contributed by atoms with Gasteiger partial charge in [0.15, 0.2) is 0 Å². The number of amides is 1. The van der Waals surface area contributed by atoms with Crippen LogP contribution in [-0.2, 0) is 4.79 Å². The lowest BCUT2D eigenvalue weighted by Gasteiger charge is -2.41. The zero-order valence-electron chi connectivity index (χ0n) is 9.34. The summed E-state index contributed by atoms with van der Waals surface area (Å²) in [4.78, 5) is 13.7. The fourth-order valence-corrected chi connectivity index (χ4v) is 3.03. The van der Waals surface area contributed by atoms with Crippen LogP contribution in [-0.4, -0.2) is 35.0 Å². The van der Waals surface area contributed by atoms with Gasteiger partial charge in [-0.1, -0.05) is 0 Å². The minimum Gasteiger partial charge on any atom is -0.334 e. The molecule has 2 atom stereocenters. The van der Waals surface area contributed by atoms with Crippen LogP contribution < -0.4 is 5.32 Å². The van der Waals surface area contributed by atoms with Crippen LogP contribution in [0.15, 0.2) is 0 Å². The third-order valence-electron chi connectivity index (χ3n) is 3.58. The van der Waals surface area contributed by atoms with Crippen LogP contribution in [0.1, 0.15) is 40.0 Å². The number of hydrogen-bond donors (Lipinski definition) is 1. The molecule has 3 heteroatoms. The van der Waals surface area contributed by atoms with Gasteiger partial charge >= 0.3 is 0 Å². The quantitative estimate of drug-likeness (QED) is 0.630. The van der Waals surface area contributed by atoms with Crippen molar-refractivity contribution >= 4 is 5.91 Å². The first kappa shape index (κ1) is 9.97. The normalized spacial score (nSPS) is 35.5. The predicted octanol–water partition coefficient (Wildman–Crippen LogP) is 1.14. The van der Waals surface area contributed by atoms with E-state index in [-0.39, 0.29) is 11.4 Å². The Labute approximate surface area is 85.8 Å². The maximum absolute atomic E-state index is 11.7. The zero-order valence-corrected chi connectivity index (χ0v) is 9.34. The number of hydrogen-bond acceptors (Lipinski definition) is 2. The standard InChI is InChI=1S/C11H20N2O/c1-8(14)13-10-5-4-9(6-10)12-7-11(13,2)3/h9-10,12H,4-7H2,1-3H3. The van der Waals surface area contributed by atoms with E-state index in [1.165, 1.54) is 12.8 Å². The molecule has 2 bridgehead atoms. The first-order valence-electron chi connectivity index (χ1n) is 5.54. The van der Waals surface area contributed by atoms with Crippen LogP contribution in [0.25, 0.3) is 0 Å². The Morgan fingerprint density at radius 2 is 2.14 bits per heavy atom. The van der Waals surface area contributed by atoms with Gasteiger partial charge in [-0.05, 0) is 33.1 Å². The van der Waals surface area contributed by atoms with E-state index < -0.39 is 0 Å². The van der Waals surface area contributed by atoms with Gasteiger partial charge in [0.25, 0.3) is 0 Å². The monoisotopic (exact) mass is 196 g/mol. The summed E-state index contributed by atoms with van der Waals surface area (Å²) in [6.45, 7) is 6.93. The van der Waals surface area contributed by atoms with Crippen molar-refractivity contribution in [3.05, 3.63) is 0 Å². The van der Waals surface area contributed by atoms with E-state index in [1.54, 1.807) is 6.92 Å². The molecule has 0 spiro atoms. The summed E-state index contributed by atoms with van der Waals surface area (Å²) in [6, 6.07) is 1.12. The Hall–Kier alpha value is -0.570. The average molecular weight is 196 g/mol. The van der Waals surface area contributed by atoms with Gasteiger partial charge in [-0.2, -0.15) is 0 Å². The largest absolute Gasteiger partial charge is 0.334 e. The second-order valence-electron chi connectivity index (χ2n) is 5.25. The van der Waals surface area contributed by atoms with Crippen molar-refractivity contribution in [2.45, 2.75) is 57.7 Å². The van der Waals surface area contributed by atoms with Crippen molar-refractivity contribution in [2.24, 2.45) is 0 Å². The summed E-state index contributed by atoms with van der Waals surface area (Å²) < 4.78 is 0. The molecular weight excluding hydrogens is 176 g/mol. The minimum atomic E-state index is -0.0222. The predicted molar refractivity (Wildman–Crippen MR) is 56.0 cm³/mol. The maximum atomic E-state index is 11.7. The third-order valence-corrected chi connectivity index (χ3v) is 3.58. The summed E-state index contributed by atoms with van der Waals surface area (Å²) in [5.74, 6) is 0.226. The number of rotatable bonds is 0. The van der Waals surface area contributed by atoms with E-state index in [1.807, 2.05) is 0 Å². The number of nitrogens with one attached hydrogen (secondary N) is 1. The Balaban J connectivity index is 2.26. The fourth-order valence-electron chi connectivity index (χ4n) is 3.03. The van der Waals surface area contributed by atoms with Gasteiger partial charge in [-0.15, -0.1) is 0 Å². The molecule has 1 aliphatic heterocycles. The van der Waals surface area contributed by atoms with Crippen LogP contribution >= 0.6 is 0 Å². The SMILES string of the molecule is CC(=O)N1C2CCC(C2)NCC1(C)C. The topological polar surface area (TPSA) is 32.3 Å². The second kappa shape index (κ2) is 3.23. The van der Waals surface area contributed by atoms with Crippen molar-refractivity contribution < 1.29 is 4.79 Å². The highest BCUT2D eigenvalue weighted by molar-refractivity contribution is 5.74. The summed E-state index contributed by atoms with van der Waals surface area (Å²) in [7, 11) is 0. The van der Waals surface area contributed by atoms with Crippen molar-refractivity contribution in [1.82, 2.24) is 10.2 Å². The van der Waals surface area contributed by atoms with Crippen LogP contribution in [0, 0.1) is 0 Å². The Morgan fingerprint density at radius 1 is 1.43 bits per heavy atom. The van der Waals surface area contributed by atoms with E-state index in [0.29, 0.717) is 12.1 Å². The third kappa shape index (κ3) is 1.54. The summed E-state index contributed by atoms with van der Waals surface area (Å²) in [6.07, 6.45) is 3.54. The van der Waals surface area contributed by atoms with Crippen molar-refractivity contribution in [2.75, 3.05) is 6.54 Å². The molecule has 2 rings (SSSR count). The molecule has 1 amide bonds. The van der Waals surface area contributed by atoms with E-state index in [0.717, 1.165) is 13.0 Å². The van der Waals surface area contributed by atoms with Gasteiger partial charge in [0, 0.05) is 31.1 Å². The molecule has 0 radical (unpaired) electrons. The highest BCUT2D eigenvalue weighted by Gasteiger charge is 2.41. The van der Waals surface area contributed by atoms with Gasteiger partial charge in [0.2, 0.25) is 5.91 Å².